The number of fused-ring (bicyclic) bond motifs is 1. The van der Waals surface area contributed by atoms with Crippen molar-refractivity contribution in [3.63, 3.8) is 0 Å². The van der Waals surface area contributed by atoms with Gasteiger partial charge in [0, 0.05) is 17.8 Å². The van der Waals surface area contributed by atoms with Gasteiger partial charge in [-0.15, -0.1) is 0 Å². The van der Waals surface area contributed by atoms with Gasteiger partial charge in [-0.2, -0.15) is 0 Å². The molecule has 2 N–H and O–H groups in total. The monoisotopic (exact) mass is 308 g/mol. The van der Waals surface area contributed by atoms with E-state index in [0.717, 1.165) is 40.8 Å². The maximum absolute atomic E-state index is 7.43. The van der Waals surface area contributed by atoms with Crippen LogP contribution in [0.5, 0.6) is 0 Å². The van der Waals surface area contributed by atoms with Crippen molar-refractivity contribution in [2.45, 2.75) is 33.2 Å². The molecule has 0 atom stereocenters. The Kier molecular flexibility index (Phi) is 6.18. The molecular formula is C19H24N4. The summed E-state index contributed by atoms with van der Waals surface area (Å²) in [6, 6.07) is 6.59. The predicted octanol–water partition coefficient (Wildman–Crippen LogP) is 4.08. The average molecular weight is 308 g/mol. The van der Waals surface area contributed by atoms with Gasteiger partial charge in [-0.05, 0) is 37.6 Å². The highest BCUT2D eigenvalue weighted by Gasteiger charge is 2.03. The number of nitrogens with zero attached hydrogens (tertiary/aromatic N) is 2. The largest absolute Gasteiger partial charge is 0.314 e. The van der Waals surface area contributed by atoms with Crippen LogP contribution in [0.2, 0.25) is 0 Å². The van der Waals surface area contributed by atoms with Crippen molar-refractivity contribution in [3.8, 4) is 0 Å². The summed E-state index contributed by atoms with van der Waals surface area (Å²) in [6.45, 7) is 7.18. The first-order valence-corrected chi connectivity index (χ1v) is 7.98. The van der Waals surface area contributed by atoms with E-state index >= 15 is 0 Å². The lowest BCUT2D eigenvalue weighted by Gasteiger charge is -2.05. The summed E-state index contributed by atoms with van der Waals surface area (Å²) in [5, 5.41) is 10.8. The van der Waals surface area contributed by atoms with Gasteiger partial charge in [0.25, 0.3) is 0 Å². The number of hydrogen-bond acceptors (Lipinski definition) is 4. The zero-order valence-corrected chi connectivity index (χ0v) is 14.0. The van der Waals surface area contributed by atoms with E-state index in [9.17, 15) is 0 Å². The van der Waals surface area contributed by atoms with Gasteiger partial charge in [-0.25, -0.2) is 4.98 Å². The fraction of sp³-hybridized carbons (Fsp3) is 0.316. The van der Waals surface area contributed by atoms with E-state index in [1.54, 1.807) is 6.20 Å². The molecule has 0 radical (unpaired) electrons. The predicted molar refractivity (Wildman–Crippen MR) is 98.8 cm³/mol. The second-order valence-corrected chi connectivity index (χ2v) is 5.69. The highest BCUT2D eigenvalue weighted by Crippen LogP contribution is 2.16. The van der Waals surface area contributed by atoms with Crippen LogP contribution in [0.15, 0.2) is 36.5 Å². The van der Waals surface area contributed by atoms with Gasteiger partial charge in [-0.3, -0.25) is 4.98 Å². The minimum Gasteiger partial charge on any atom is -0.314 e. The van der Waals surface area contributed by atoms with Crippen molar-refractivity contribution < 1.29 is 0 Å². The lowest BCUT2D eigenvalue weighted by molar-refractivity contribution is 0.595. The number of hydrogen-bond donors (Lipinski definition) is 2. The van der Waals surface area contributed by atoms with Crippen molar-refractivity contribution in [1.82, 2.24) is 15.3 Å². The first-order valence-electron chi connectivity index (χ1n) is 7.98. The summed E-state index contributed by atoms with van der Waals surface area (Å²) in [5.74, 6) is 0. The molecule has 0 bridgehead atoms. The van der Waals surface area contributed by atoms with Gasteiger partial charge in [0.15, 0.2) is 0 Å². The molecule has 0 saturated heterocycles. The van der Waals surface area contributed by atoms with E-state index in [1.165, 1.54) is 6.21 Å². The molecule has 23 heavy (non-hydrogen) atoms. The Bertz CT molecular complexity index is 729. The van der Waals surface area contributed by atoms with Gasteiger partial charge < -0.3 is 10.7 Å². The molecule has 1 aromatic heterocycles. The molecule has 120 valence electrons. The van der Waals surface area contributed by atoms with E-state index < -0.39 is 0 Å². The highest BCUT2D eigenvalue weighted by molar-refractivity contribution is 6.07. The van der Waals surface area contributed by atoms with Crippen LogP contribution in [0.3, 0.4) is 0 Å². The van der Waals surface area contributed by atoms with Gasteiger partial charge in [0.1, 0.15) is 0 Å². The van der Waals surface area contributed by atoms with E-state index in [4.69, 9.17) is 5.41 Å². The van der Waals surface area contributed by atoms with Crippen LogP contribution >= 0.6 is 0 Å². The first kappa shape index (κ1) is 17.0. The normalized spacial score (nSPS) is 12.4. The maximum atomic E-state index is 7.43. The van der Waals surface area contributed by atoms with Crippen molar-refractivity contribution in [2.75, 3.05) is 6.54 Å². The summed E-state index contributed by atoms with van der Waals surface area (Å²) in [4.78, 5) is 9.04. The van der Waals surface area contributed by atoms with E-state index in [2.05, 4.69) is 47.4 Å². The summed E-state index contributed by atoms with van der Waals surface area (Å²) in [7, 11) is 0. The average Bonchev–Trinajstić information content (AvgIpc) is 2.55. The molecular weight excluding hydrogens is 284 g/mol. The summed E-state index contributed by atoms with van der Waals surface area (Å²) >= 11 is 0. The second-order valence-electron chi connectivity index (χ2n) is 5.69. The highest BCUT2D eigenvalue weighted by atomic mass is 14.9. The van der Waals surface area contributed by atoms with Crippen LogP contribution in [-0.4, -0.2) is 28.8 Å². The van der Waals surface area contributed by atoms with E-state index in [-0.39, 0.29) is 0 Å². The number of benzene rings is 1. The van der Waals surface area contributed by atoms with Crippen LogP contribution in [0.25, 0.3) is 22.7 Å². The number of nitrogens with one attached hydrogen (secondary N) is 2. The van der Waals surface area contributed by atoms with E-state index in [0.29, 0.717) is 6.04 Å². The first-order chi connectivity index (χ1) is 11.1. The minimum absolute atomic E-state index is 0.521. The molecule has 0 saturated carbocycles. The molecule has 1 aromatic carbocycles. The van der Waals surface area contributed by atoms with Gasteiger partial charge in [0.2, 0.25) is 0 Å². The second kappa shape index (κ2) is 8.34. The molecule has 0 aliphatic carbocycles. The molecule has 0 spiro atoms. The Morgan fingerprint density at radius 3 is 2.83 bits per heavy atom. The van der Waals surface area contributed by atoms with Gasteiger partial charge in [-0.1, -0.05) is 38.1 Å². The smallest absolute Gasteiger partial charge is 0.0904 e. The molecule has 4 heteroatoms. The number of aromatic nitrogens is 2. The minimum atomic E-state index is 0.521. The third-order valence-corrected chi connectivity index (χ3v) is 3.50. The van der Waals surface area contributed by atoms with Crippen LogP contribution in [-0.2, 0) is 0 Å². The third-order valence-electron chi connectivity index (χ3n) is 3.50. The molecule has 1 heterocycles. The zero-order valence-electron chi connectivity index (χ0n) is 14.0. The molecule has 2 rings (SSSR count). The standard InChI is InChI=1S/C19H24N4/c1-4-16(12-20)19-13-22-17-9-8-15(11-18(17)23-19)7-5-6-10-21-14(2)3/h4-5,7-9,11-14,20-21H,6,10H2,1-3H3/b7-5-,16-4+,20-12?. The summed E-state index contributed by atoms with van der Waals surface area (Å²) in [5.41, 5.74) is 4.35. The lowest BCUT2D eigenvalue weighted by atomic mass is 10.1. The Hall–Kier alpha value is -2.33. The Balaban J connectivity index is 2.16. The quantitative estimate of drug-likeness (QED) is 0.598. The fourth-order valence-corrected chi connectivity index (χ4v) is 2.25. The SMILES string of the molecule is C/C=C(\C=N)c1cnc2ccc(/C=C\CCNC(C)C)cc2n1. The van der Waals surface area contributed by atoms with Crippen molar-refractivity contribution in [1.29, 1.82) is 5.41 Å². The molecule has 0 aliphatic heterocycles. The van der Waals surface area contributed by atoms with Crippen LogP contribution in [0.1, 0.15) is 38.4 Å². The zero-order chi connectivity index (χ0) is 16.7. The van der Waals surface area contributed by atoms with Gasteiger partial charge >= 0.3 is 0 Å². The van der Waals surface area contributed by atoms with Crippen LogP contribution < -0.4 is 5.32 Å². The molecule has 0 amide bonds. The van der Waals surface area contributed by atoms with Crippen LogP contribution in [0, 0.1) is 5.41 Å². The Morgan fingerprint density at radius 2 is 2.13 bits per heavy atom. The molecule has 4 nitrogen and oxygen atoms in total. The molecule has 0 fully saturated rings. The number of rotatable bonds is 7. The summed E-state index contributed by atoms with van der Waals surface area (Å²) < 4.78 is 0. The topological polar surface area (TPSA) is 61.7 Å². The fourth-order valence-electron chi connectivity index (χ4n) is 2.25. The Labute approximate surface area is 137 Å². The van der Waals surface area contributed by atoms with Gasteiger partial charge in [0.05, 0.1) is 22.9 Å². The molecule has 0 aliphatic rings. The van der Waals surface area contributed by atoms with E-state index in [1.807, 2.05) is 25.1 Å². The third kappa shape index (κ3) is 4.83. The maximum Gasteiger partial charge on any atom is 0.0904 e. The lowest BCUT2D eigenvalue weighted by Crippen LogP contribution is -2.23. The number of allylic oxidation sites excluding steroid dienone is 2. The van der Waals surface area contributed by atoms with Crippen LogP contribution in [0.4, 0.5) is 0 Å². The Morgan fingerprint density at radius 1 is 1.30 bits per heavy atom. The van der Waals surface area contributed by atoms with Crippen molar-refractivity contribution in [3.05, 3.63) is 47.8 Å². The molecule has 0 unspecified atom stereocenters. The molecule has 2 aromatic rings. The van der Waals surface area contributed by atoms with Crippen molar-refractivity contribution >= 4 is 28.9 Å². The summed E-state index contributed by atoms with van der Waals surface area (Å²) in [6.07, 6.45) is 10.2. The van der Waals surface area contributed by atoms with Crippen molar-refractivity contribution in [2.24, 2.45) is 0 Å².